The lowest BCUT2D eigenvalue weighted by Gasteiger charge is -2.08. The molecule has 0 saturated carbocycles. The molecule has 0 fully saturated rings. The molecule has 3 aromatic rings. The normalized spacial score (nSPS) is 10.8. The minimum atomic E-state index is 0.281. The fourth-order valence-electron chi connectivity index (χ4n) is 2.07. The Hall–Kier alpha value is -2.34. The van der Waals surface area contributed by atoms with Gasteiger partial charge in [0.15, 0.2) is 0 Å². The van der Waals surface area contributed by atoms with Gasteiger partial charge in [0.1, 0.15) is 16.4 Å². The molecule has 5 nitrogen and oxygen atoms in total. The molecule has 0 aliphatic carbocycles. The number of nitrogen functional groups attached to an aromatic ring is 1. The van der Waals surface area contributed by atoms with Crippen molar-refractivity contribution in [1.29, 1.82) is 0 Å². The summed E-state index contributed by atoms with van der Waals surface area (Å²) in [4.78, 5) is 10.8. The number of nitrogens with zero attached hydrogens (tertiary/aromatic N) is 2. The van der Waals surface area contributed by atoms with E-state index in [0.717, 1.165) is 33.9 Å². The van der Waals surface area contributed by atoms with Gasteiger partial charge in [-0.1, -0.05) is 6.92 Å². The Bertz CT molecular complexity index is 767. The number of thiophene rings is 1. The first-order valence-electron chi connectivity index (χ1n) is 6.66. The molecule has 21 heavy (non-hydrogen) atoms. The van der Waals surface area contributed by atoms with Crippen LogP contribution < -0.4 is 15.8 Å². The number of hydrogen-bond acceptors (Lipinski definition) is 6. The van der Waals surface area contributed by atoms with Crippen LogP contribution in [0.25, 0.3) is 10.2 Å². The molecule has 3 N–H and O–H groups in total. The molecular formula is C15H16N4OS. The average Bonchev–Trinajstić information content (AvgIpc) is 2.91. The topological polar surface area (TPSA) is 73.1 Å². The zero-order valence-electron chi connectivity index (χ0n) is 11.9. The van der Waals surface area contributed by atoms with E-state index >= 15 is 0 Å². The van der Waals surface area contributed by atoms with Gasteiger partial charge in [-0.15, -0.1) is 11.3 Å². The Morgan fingerprint density at radius 1 is 1.24 bits per heavy atom. The van der Waals surface area contributed by atoms with E-state index in [1.54, 1.807) is 18.4 Å². The first kappa shape index (κ1) is 13.6. The highest BCUT2D eigenvalue weighted by atomic mass is 32.1. The van der Waals surface area contributed by atoms with Crippen LogP contribution in [0.15, 0.2) is 30.3 Å². The second-order valence-electron chi connectivity index (χ2n) is 4.57. The van der Waals surface area contributed by atoms with Crippen molar-refractivity contribution in [3.63, 3.8) is 0 Å². The van der Waals surface area contributed by atoms with Gasteiger partial charge < -0.3 is 15.8 Å². The molecule has 0 unspecified atom stereocenters. The van der Waals surface area contributed by atoms with Crippen LogP contribution in [0.3, 0.4) is 0 Å². The molecule has 2 aromatic heterocycles. The molecular weight excluding hydrogens is 284 g/mol. The first-order valence-corrected chi connectivity index (χ1v) is 7.48. The number of hydrogen-bond donors (Lipinski definition) is 2. The van der Waals surface area contributed by atoms with Crippen LogP contribution in [-0.4, -0.2) is 17.1 Å². The van der Waals surface area contributed by atoms with Gasteiger partial charge in [-0.25, -0.2) is 4.98 Å². The van der Waals surface area contributed by atoms with E-state index < -0.39 is 0 Å². The third-order valence-corrected chi connectivity index (χ3v) is 4.34. The van der Waals surface area contributed by atoms with E-state index in [4.69, 9.17) is 10.5 Å². The molecule has 0 saturated heterocycles. The Kier molecular flexibility index (Phi) is 3.62. The molecule has 108 valence electrons. The summed E-state index contributed by atoms with van der Waals surface area (Å²) in [5.41, 5.74) is 6.73. The molecule has 0 bridgehead atoms. The number of methoxy groups -OCH3 is 1. The predicted molar refractivity (Wildman–Crippen MR) is 87.5 cm³/mol. The smallest absolute Gasteiger partial charge is 0.223 e. The minimum absolute atomic E-state index is 0.281. The van der Waals surface area contributed by atoms with Gasteiger partial charge in [0.25, 0.3) is 0 Å². The van der Waals surface area contributed by atoms with Crippen LogP contribution in [0.4, 0.5) is 17.5 Å². The van der Waals surface area contributed by atoms with Crippen LogP contribution >= 0.6 is 11.3 Å². The maximum atomic E-state index is 5.80. The quantitative estimate of drug-likeness (QED) is 0.770. The number of nitrogens with two attached hydrogens (primary N) is 1. The van der Waals surface area contributed by atoms with Crippen LogP contribution in [0, 0.1) is 0 Å². The Morgan fingerprint density at radius 2 is 2.00 bits per heavy atom. The lowest BCUT2D eigenvalue weighted by Crippen LogP contribution is -2.00. The SMILES string of the molecule is CCc1cc2c(Nc3ccc(OC)cc3)nc(N)nc2s1. The molecule has 3 rings (SSSR count). The maximum Gasteiger partial charge on any atom is 0.223 e. The summed E-state index contributed by atoms with van der Waals surface area (Å²) >= 11 is 1.65. The van der Waals surface area contributed by atoms with Gasteiger partial charge >= 0.3 is 0 Å². The lowest BCUT2D eigenvalue weighted by atomic mass is 10.2. The highest BCUT2D eigenvalue weighted by Gasteiger charge is 2.10. The molecule has 6 heteroatoms. The summed E-state index contributed by atoms with van der Waals surface area (Å²) in [5.74, 6) is 1.83. The number of rotatable bonds is 4. The highest BCUT2D eigenvalue weighted by molar-refractivity contribution is 7.18. The fourth-order valence-corrected chi connectivity index (χ4v) is 3.04. The van der Waals surface area contributed by atoms with Crippen molar-refractivity contribution < 1.29 is 4.74 Å². The highest BCUT2D eigenvalue weighted by Crippen LogP contribution is 2.31. The third-order valence-electron chi connectivity index (χ3n) is 3.16. The van der Waals surface area contributed by atoms with Gasteiger partial charge in [0.05, 0.1) is 12.5 Å². The van der Waals surface area contributed by atoms with E-state index in [0.29, 0.717) is 0 Å². The first-order chi connectivity index (χ1) is 10.2. The zero-order valence-corrected chi connectivity index (χ0v) is 12.7. The van der Waals surface area contributed by atoms with Gasteiger partial charge in [0.2, 0.25) is 5.95 Å². The standard InChI is InChI=1S/C15H16N4OS/c1-3-11-8-12-13(18-15(16)19-14(12)21-11)17-9-4-6-10(20-2)7-5-9/h4-8H,3H2,1-2H3,(H3,16,17,18,19). The van der Waals surface area contributed by atoms with Crippen LogP contribution in [0.1, 0.15) is 11.8 Å². The van der Waals surface area contributed by atoms with Gasteiger partial charge in [-0.2, -0.15) is 4.98 Å². The second kappa shape index (κ2) is 5.57. The van der Waals surface area contributed by atoms with E-state index in [9.17, 15) is 0 Å². The largest absolute Gasteiger partial charge is 0.497 e. The Balaban J connectivity index is 2.00. The van der Waals surface area contributed by atoms with Crippen molar-refractivity contribution in [1.82, 2.24) is 9.97 Å². The zero-order chi connectivity index (χ0) is 14.8. The van der Waals surface area contributed by atoms with Crippen LogP contribution in [-0.2, 0) is 6.42 Å². The average molecular weight is 300 g/mol. The number of benzene rings is 1. The molecule has 0 atom stereocenters. The molecule has 0 aliphatic heterocycles. The molecule has 0 amide bonds. The summed E-state index contributed by atoms with van der Waals surface area (Å²) in [5, 5.41) is 4.30. The maximum absolute atomic E-state index is 5.80. The Morgan fingerprint density at radius 3 is 2.67 bits per heavy atom. The fraction of sp³-hybridized carbons (Fsp3) is 0.200. The van der Waals surface area contributed by atoms with Crippen molar-refractivity contribution in [3.8, 4) is 5.75 Å². The van der Waals surface area contributed by atoms with Crippen molar-refractivity contribution in [2.75, 3.05) is 18.2 Å². The van der Waals surface area contributed by atoms with Crippen LogP contribution in [0.5, 0.6) is 5.75 Å². The van der Waals surface area contributed by atoms with Crippen LogP contribution in [0.2, 0.25) is 0 Å². The molecule has 1 aromatic carbocycles. The second-order valence-corrected chi connectivity index (χ2v) is 5.68. The van der Waals surface area contributed by atoms with Gasteiger partial charge in [0, 0.05) is 10.6 Å². The number of aryl methyl sites for hydroxylation is 1. The molecule has 0 aliphatic rings. The molecule has 2 heterocycles. The van der Waals surface area contributed by atoms with Crippen molar-refractivity contribution in [3.05, 3.63) is 35.2 Å². The van der Waals surface area contributed by atoms with Crippen molar-refractivity contribution in [2.45, 2.75) is 13.3 Å². The third kappa shape index (κ3) is 2.75. The van der Waals surface area contributed by atoms with Gasteiger partial charge in [-0.05, 0) is 36.8 Å². The van der Waals surface area contributed by atoms with Crippen molar-refractivity contribution >= 4 is 39.0 Å². The van der Waals surface area contributed by atoms with E-state index in [-0.39, 0.29) is 5.95 Å². The van der Waals surface area contributed by atoms with E-state index in [1.807, 2.05) is 24.3 Å². The van der Waals surface area contributed by atoms with E-state index in [1.165, 1.54) is 4.88 Å². The Labute approximate surface area is 126 Å². The number of nitrogens with one attached hydrogen (secondary N) is 1. The summed E-state index contributed by atoms with van der Waals surface area (Å²) in [6, 6.07) is 9.79. The summed E-state index contributed by atoms with van der Waals surface area (Å²) < 4.78 is 5.15. The van der Waals surface area contributed by atoms with E-state index in [2.05, 4.69) is 28.3 Å². The number of ether oxygens (including phenoxy) is 1. The van der Waals surface area contributed by atoms with Crippen molar-refractivity contribution in [2.24, 2.45) is 0 Å². The summed E-state index contributed by atoms with van der Waals surface area (Å²) in [6.45, 7) is 2.12. The molecule has 0 spiro atoms. The summed E-state index contributed by atoms with van der Waals surface area (Å²) in [6.07, 6.45) is 0.975. The number of anilines is 3. The number of aromatic nitrogens is 2. The lowest BCUT2D eigenvalue weighted by molar-refractivity contribution is 0.415. The molecule has 0 radical (unpaired) electrons. The minimum Gasteiger partial charge on any atom is -0.497 e. The monoisotopic (exact) mass is 300 g/mol. The summed E-state index contributed by atoms with van der Waals surface area (Å²) in [7, 11) is 1.65. The predicted octanol–water partition coefficient (Wildman–Crippen LogP) is 3.59. The van der Waals surface area contributed by atoms with Gasteiger partial charge in [-0.3, -0.25) is 0 Å². The number of fused-ring (bicyclic) bond motifs is 1.